The normalized spacial score (nSPS) is 11.7. The molecule has 0 aliphatic heterocycles. The van der Waals surface area contributed by atoms with Gasteiger partial charge in [0.1, 0.15) is 5.75 Å². The lowest BCUT2D eigenvalue weighted by Crippen LogP contribution is -2.29. The highest BCUT2D eigenvalue weighted by atomic mass is 79.9. The van der Waals surface area contributed by atoms with Crippen molar-refractivity contribution in [3.8, 4) is 5.75 Å². The van der Waals surface area contributed by atoms with Gasteiger partial charge in [0, 0.05) is 11.0 Å². The molecule has 174 valence electrons. The average Bonchev–Trinajstić information content (AvgIpc) is 3.21. The molecule has 0 spiro atoms. The molecule has 1 aromatic heterocycles. The number of carbonyl (C=O) groups is 2. The van der Waals surface area contributed by atoms with Gasteiger partial charge in [-0.2, -0.15) is 0 Å². The molecule has 0 fully saturated rings. The zero-order chi connectivity index (χ0) is 24.0. The van der Waals surface area contributed by atoms with Crippen LogP contribution in [-0.2, 0) is 11.3 Å². The zero-order valence-electron chi connectivity index (χ0n) is 18.9. The Morgan fingerprint density at radius 2 is 1.97 bits per heavy atom. The maximum Gasteiger partial charge on any atom is 0.253 e. The highest BCUT2D eigenvalue weighted by molar-refractivity contribution is 9.10. The number of amides is 2. The van der Waals surface area contributed by atoms with Gasteiger partial charge < -0.3 is 19.9 Å². The van der Waals surface area contributed by atoms with Gasteiger partial charge in [-0.25, -0.2) is 0 Å². The molecule has 0 saturated carbocycles. The van der Waals surface area contributed by atoms with Crippen molar-refractivity contribution in [1.82, 2.24) is 20.1 Å². The zero-order valence-corrected chi connectivity index (χ0v) is 21.3. The van der Waals surface area contributed by atoms with Gasteiger partial charge in [0.25, 0.3) is 5.91 Å². The Hall–Kier alpha value is -2.85. The standard InChI is InChI=1S/C23H26BrN5O3S/c1-5-29-21(15(3)25-22(31)16-8-6-7-9-17(16)24)27-28-23(29)33-13-20(30)26-18-12-14(2)10-11-19(18)32-4/h6-12,15H,5,13H2,1-4H3,(H,25,31)(H,26,30)/t15-/m1/s1. The van der Waals surface area contributed by atoms with Crippen LogP contribution in [-0.4, -0.2) is 39.4 Å². The van der Waals surface area contributed by atoms with Crippen LogP contribution in [0.5, 0.6) is 5.75 Å². The third-order valence-electron chi connectivity index (χ3n) is 4.88. The second-order valence-electron chi connectivity index (χ2n) is 7.30. The van der Waals surface area contributed by atoms with Crippen LogP contribution in [0, 0.1) is 6.92 Å². The van der Waals surface area contributed by atoms with Gasteiger partial charge in [0.2, 0.25) is 5.91 Å². The lowest BCUT2D eigenvalue weighted by atomic mass is 10.2. The van der Waals surface area contributed by atoms with E-state index in [0.29, 0.717) is 34.5 Å². The van der Waals surface area contributed by atoms with E-state index in [0.717, 1.165) is 10.0 Å². The van der Waals surface area contributed by atoms with Crippen LogP contribution in [0.25, 0.3) is 0 Å². The van der Waals surface area contributed by atoms with Crippen LogP contribution >= 0.6 is 27.7 Å². The van der Waals surface area contributed by atoms with Crippen LogP contribution < -0.4 is 15.4 Å². The first-order valence-electron chi connectivity index (χ1n) is 10.4. The molecule has 0 aliphatic carbocycles. The number of hydrogen-bond acceptors (Lipinski definition) is 6. The van der Waals surface area contributed by atoms with E-state index in [-0.39, 0.29) is 23.6 Å². The van der Waals surface area contributed by atoms with Crippen molar-refractivity contribution in [3.63, 3.8) is 0 Å². The first kappa shape index (κ1) is 24.8. The maximum absolute atomic E-state index is 12.7. The molecule has 0 unspecified atom stereocenters. The highest BCUT2D eigenvalue weighted by Crippen LogP contribution is 2.26. The van der Waals surface area contributed by atoms with E-state index in [4.69, 9.17) is 4.74 Å². The predicted octanol–water partition coefficient (Wildman–Crippen LogP) is 4.60. The number of aryl methyl sites for hydroxylation is 1. The van der Waals surface area contributed by atoms with Gasteiger partial charge in [-0.3, -0.25) is 9.59 Å². The third kappa shape index (κ3) is 6.14. The van der Waals surface area contributed by atoms with Crippen molar-refractivity contribution in [3.05, 3.63) is 63.9 Å². The second kappa shape index (κ2) is 11.3. The van der Waals surface area contributed by atoms with Gasteiger partial charge in [-0.1, -0.05) is 30.0 Å². The molecule has 0 bridgehead atoms. The summed E-state index contributed by atoms with van der Waals surface area (Å²) < 4.78 is 7.94. The summed E-state index contributed by atoms with van der Waals surface area (Å²) in [5.74, 6) is 1.01. The molecule has 2 N–H and O–H groups in total. The number of carbonyl (C=O) groups excluding carboxylic acids is 2. The van der Waals surface area contributed by atoms with Crippen LogP contribution in [0.2, 0.25) is 0 Å². The Balaban J connectivity index is 1.65. The SMILES string of the molecule is CCn1c(SCC(=O)Nc2cc(C)ccc2OC)nnc1[C@@H](C)NC(=O)c1ccccc1Br. The minimum Gasteiger partial charge on any atom is -0.495 e. The van der Waals surface area contributed by atoms with Crippen LogP contribution in [0.15, 0.2) is 52.1 Å². The summed E-state index contributed by atoms with van der Waals surface area (Å²) in [6, 6.07) is 12.5. The van der Waals surface area contributed by atoms with Crippen molar-refractivity contribution >= 4 is 45.2 Å². The van der Waals surface area contributed by atoms with E-state index in [1.54, 1.807) is 13.2 Å². The monoisotopic (exact) mass is 531 g/mol. The van der Waals surface area contributed by atoms with Crippen LogP contribution in [0.3, 0.4) is 0 Å². The Kier molecular flexibility index (Phi) is 8.51. The number of nitrogens with zero attached hydrogens (tertiary/aromatic N) is 3. The number of thioether (sulfide) groups is 1. The fourth-order valence-corrected chi connectivity index (χ4v) is 4.52. The molecule has 0 saturated heterocycles. The Bertz CT molecular complexity index is 1150. The molecule has 10 heteroatoms. The molecule has 1 atom stereocenters. The van der Waals surface area contributed by atoms with Crippen molar-refractivity contribution in [2.45, 2.75) is 38.5 Å². The topological polar surface area (TPSA) is 98.1 Å². The average molecular weight is 532 g/mol. The molecule has 2 aromatic carbocycles. The molecular formula is C23H26BrN5O3S. The largest absolute Gasteiger partial charge is 0.495 e. The summed E-state index contributed by atoms with van der Waals surface area (Å²) in [6.45, 7) is 6.38. The number of anilines is 1. The molecule has 1 heterocycles. The minimum absolute atomic E-state index is 0.160. The summed E-state index contributed by atoms with van der Waals surface area (Å²) in [6.07, 6.45) is 0. The number of ether oxygens (including phenoxy) is 1. The maximum atomic E-state index is 12.7. The molecular weight excluding hydrogens is 506 g/mol. The Morgan fingerprint density at radius 1 is 1.21 bits per heavy atom. The number of nitrogens with one attached hydrogen (secondary N) is 2. The van der Waals surface area contributed by atoms with E-state index in [1.165, 1.54) is 11.8 Å². The van der Waals surface area contributed by atoms with Gasteiger partial charge in [0.15, 0.2) is 11.0 Å². The summed E-state index contributed by atoms with van der Waals surface area (Å²) in [4.78, 5) is 25.2. The number of rotatable bonds is 9. The lowest BCUT2D eigenvalue weighted by Gasteiger charge is -2.15. The van der Waals surface area contributed by atoms with E-state index in [1.807, 2.05) is 61.7 Å². The van der Waals surface area contributed by atoms with Crippen molar-refractivity contribution in [2.75, 3.05) is 18.2 Å². The van der Waals surface area contributed by atoms with Crippen LogP contribution in [0.1, 0.15) is 41.6 Å². The first-order valence-corrected chi connectivity index (χ1v) is 12.2. The fraction of sp³-hybridized carbons (Fsp3) is 0.304. The molecule has 2 amide bonds. The van der Waals surface area contributed by atoms with Gasteiger partial charge in [0.05, 0.1) is 30.2 Å². The van der Waals surface area contributed by atoms with Crippen molar-refractivity contribution < 1.29 is 14.3 Å². The molecule has 0 aliphatic rings. The second-order valence-corrected chi connectivity index (χ2v) is 9.10. The number of aromatic nitrogens is 3. The van der Waals surface area contributed by atoms with E-state index in [2.05, 4.69) is 36.8 Å². The third-order valence-corrected chi connectivity index (χ3v) is 6.53. The van der Waals surface area contributed by atoms with Gasteiger partial charge in [-0.15, -0.1) is 10.2 Å². The predicted molar refractivity (Wildman–Crippen MR) is 133 cm³/mol. The fourth-order valence-electron chi connectivity index (χ4n) is 3.24. The summed E-state index contributed by atoms with van der Waals surface area (Å²) in [5, 5.41) is 15.0. The number of methoxy groups -OCH3 is 1. The minimum atomic E-state index is -0.364. The molecule has 33 heavy (non-hydrogen) atoms. The van der Waals surface area contributed by atoms with Gasteiger partial charge >= 0.3 is 0 Å². The van der Waals surface area contributed by atoms with Crippen molar-refractivity contribution in [2.24, 2.45) is 0 Å². The van der Waals surface area contributed by atoms with E-state index >= 15 is 0 Å². The molecule has 0 radical (unpaired) electrons. The van der Waals surface area contributed by atoms with E-state index < -0.39 is 0 Å². The number of benzene rings is 2. The first-order chi connectivity index (χ1) is 15.8. The summed E-state index contributed by atoms with van der Waals surface area (Å²) >= 11 is 4.69. The molecule has 3 rings (SSSR count). The van der Waals surface area contributed by atoms with Crippen molar-refractivity contribution in [1.29, 1.82) is 0 Å². The Morgan fingerprint density at radius 3 is 2.67 bits per heavy atom. The molecule has 3 aromatic rings. The molecule has 8 nitrogen and oxygen atoms in total. The van der Waals surface area contributed by atoms with Gasteiger partial charge in [-0.05, 0) is 66.5 Å². The Labute approximate surface area is 205 Å². The number of hydrogen-bond donors (Lipinski definition) is 2. The van der Waals surface area contributed by atoms with Crippen LogP contribution in [0.4, 0.5) is 5.69 Å². The smallest absolute Gasteiger partial charge is 0.253 e. The highest BCUT2D eigenvalue weighted by Gasteiger charge is 2.21. The quantitative estimate of drug-likeness (QED) is 0.391. The number of halogens is 1. The lowest BCUT2D eigenvalue weighted by molar-refractivity contribution is -0.113. The summed E-state index contributed by atoms with van der Waals surface area (Å²) in [7, 11) is 1.57. The van der Waals surface area contributed by atoms with E-state index in [9.17, 15) is 9.59 Å². The summed E-state index contributed by atoms with van der Waals surface area (Å²) in [5.41, 5.74) is 2.20.